The van der Waals surface area contributed by atoms with Crippen LogP contribution in [-0.2, 0) is 11.4 Å². The predicted molar refractivity (Wildman–Crippen MR) is 129 cm³/mol. The first-order valence-corrected chi connectivity index (χ1v) is 10.9. The molecule has 0 radical (unpaired) electrons. The largest absolute Gasteiger partial charge is 0.490 e. The van der Waals surface area contributed by atoms with E-state index in [4.69, 9.17) is 9.47 Å². The van der Waals surface area contributed by atoms with Crippen LogP contribution < -0.4 is 14.8 Å². The van der Waals surface area contributed by atoms with E-state index in [2.05, 4.69) is 21.2 Å². The molecule has 0 saturated carbocycles. The summed E-state index contributed by atoms with van der Waals surface area (Å²) in [4.78, 5) is 12.6. The minimum atomic E-state index is -0.464. The number of nitriles is 1. The Morgan fingerprint density at radius 1 is 1.06 bits per heavy atom. The average molecular weight is 491 g/mol. The highest BCUT2D eigenvalue weighted by atomic mass is 79.9. The van der Waals surface area contributed by atoms with E-state index in [0.29, 0.717) is 36.0 Å². The molecule has 32 heavy (non-hydrogen) atoms. The van der Waals surface area contributed by atoms with Crippen molar-refractivity contribution in [1.82, 2.24) is 0 Å². The van der Waals surface area contributed by atoms with Crippen LogP contribution in [0.3, 0.4) is 0 Å². The second kappa shape index (κ2) is 11.2. The van der Waals surface area contributed by atoms with Gasteiger partial charge in [-0.3, -0.25) is 4.79 Å². The summed E-state index contributed by atoms with van der Waals surface area (Å²) in [7, 11) is 0. The van der Waals surface area contributed by atoms with Gasteiger partial charge in [-0.25, -0.2) is 0 Å². The topological polar surface area (TPSA) is 71.3 Å². The maximum absolute atomic E-state index is 12.6. The van der Waals surface area contributed by atoms with Crippen LogP contribution in [-0.4, -0.2) is 12.5 Å². The molecule has 6 heteroatoms. The van der Waals surface area contributed by atoms with Crippen LogP contribution in [0.1, 0.15) is 23.6 Å². The number of aryl methyl sites for hydroxylation is 1. The van der Waals surface area contributed by atoms with E-state index >= 15 is 0 Å². The summed E-state index contributed by atoms with van der Waals surface area (Å²) in [6.45, 7) is 4.61. The minimum absolute atomic E-state index is 0.00224. The van der Waals surface area contributed by atoms with E-state index < -0.39 is 5.91 Å². The van der Waals surface area contributed by atoms with Crippen molar-refractivity contribution in [2.24, 2.45) is 0 Å². The molecule has 0 saturated heterocycles. The molecule has 3 rings (SSSR count). The third-order valence-corrected chi connectivity index (χ3v) is 5.45. The van der Waals surface area contributed by atoms with Gasteiger partial charge in [-0.2, -0.15) is 5.26 Å². The number of nitrogens with zero attached hydrogens (tertiary/aromatic N) is 1. The van der Waals surface area contributed by atoms with Gasteiger partial charge in [-0.15, -0.1) is 0 Å². The normalized spacial score (nSPS) is 10.9. The third-order valence-electron chi connectivity index (χ3n) is 4.68. The standard InChI is InChI=1S/C26H23BrN2O3/c1-3-31-25-15-19(12-13-24(25)32-17-20-9-5-6-10-22(20)27)14-21(16-28)26(30)29-23-11-7-4-8-18(23)2/h4-15H,3,17H2,1-2H3,(H,29,30)/b21-14+. The number of ether oxygens (including phenoxy) is 2. The molecule has 1 amide bonds. The van der Waals surface area contributed by atoms with Gasteiger partial charge in [0.1, 0.15) is 18.2 Å². The number of carbonyl (C=O) groups is 1. The van der Waals surface area contributed by atoms with Crippen molar-refractivity contribution >= 4 is 33.6 Å². The number of halogens is 1. The minimum Gasteiger partial charge on any atom is -0.490 e. The van der Waals surface area contributed by atoms with Gasteiger partial charge in [0, 0.05) is 15.7 Å². The number of amides is 1. The van der Waals surface area contributed by atoms with Crippen molar-refractivity contribution in [3.8, 4) is 17.6 Å². The molecule has 0 atom stereocenters. The van der Waals surface area contributed by atoms with E-state index in [-0.39, 0.29) is 5.57 Å². The Kier molecular flexibility index (Phi) is 8.07. The number of nitrogens with one attached hydrogen (secondary N) is 1. The summed E-state index contributed by atoms with van der Waals surface area (Å²) in [5.74, 6) is 0.668. The molecule has 0 unspecified atom stereocenters. The lowest BCUT2D eigenvalue weighted by atomic mass is 10.1. The first-order chi connectivity index (χ1) is 15.5. The molecular weight excluding hydrogens is 468 g/mol. The Hall–Kier alpha value is -3.56. The Bertz CT molecular complexity index is 1180. The van der Waals surface area contributed by atoms with E-state index in [1.165, 1.54) is 6.08 Å². The molecule has 0 aliphatic carbocycles. The van der Waals surface area contributed by atoms with Gasteiger partial charge >= 0.3 is 0 Å². The molecule has 162 valence electrons. The van der Waals surface area contributed by atoms with Crippen molar-refractivity contribution in [1.29, 1.82) is 5.26 Å². The second-order valence-electron chi connectivity index (χ2n) is 6.96. The van der Waals surface area contributed by atoms with E-state index in [1.807, 2.05) is 62.4 Å². The first kappa shape index (κ1) is 23.1. The Labute approximate surface area is 196 Å². The van der Waals surface area contributed by atoms with Crippen molar-refractivity contribution in [2.75, 3.05) is 11.9 Å². The number of rotatable bonds is 8. The second-order valence-corrected chi connectivity index (χ2v) is 7.81. The van der Waals surface area contributed by atoms with Gasteiger partial charge in [0.15, 0.2) is 11.5 Å². The van der Waals surface area contributed by atoms with Crippen LogP contribution in [0.4, 0.5) is 5.69 Å². The zero-order valence-electron chi connectivity index (χ0n) is 17.9. The lowest BCUT2D eigenvalue weighted by Crippen LogP contribution is -2.14. The maximum Gasteiger partial charge on any atom is 0.266 e. The molecule has 0 aliphatic heterocycles. The molecule has 5 nitrogen and oxygen atoms in total. The molecule has 0 heterocycles. The number of para-hydroxylation sites is 1. The highest BCUT2D eigenvalue weighted by Gasteiger charge is 2.13. The van der Waals surface area contributed by atoms with Gasteiger partial charge in [0.2, 0.25) is 0 Å². The van der Waals surface area contributed by atoms with E-state index in [1.54, 1.807) is 24.3 Å². The summed E-state index contributed by atoms with van der Waals surface area (Å²) in [6, 6.07) is 22.6. The highest BCUT2D eigenvalue weighted by Crippen LogP contribution is 2.31. The monoisotopic (exact) mass is 490 g/mol. The fraction of sp³-hybridized carbons (Fsp3) is 0.154. The smallest absolute Gasteiger partial charge is 0.266 e. The van der Waals surface area contributed by atoms with Crippen LogP contribution >= 0.6 is 15.9 Å². The van der Waals surface area contributed by atoms with Gasteiger partial charge in [-0.05, 0) is 55.3 Å². The quantitative estimate of drug-likeness (QED) is 0.297. The predicted octanol–water partition coefficient (Wildman–Crippen LogP) is 6.28. The summed E-state index contributed by atoms with van der Waals surface area (Å²) in [5.41, 5.74) is 3.27. The Morgan fingerprint density at radius 2 is 1.81 bits per heavy atom. The summed E-state index contributed by atoms with van der Waals surface area (Å²) < 4.78 is 12.7. The zero-order valence-corrected chi connectivity index (χ0v) is 19.5. The lowest BCUT2D eigenvalue weighted by Gasteiger charge is -2.13. The maximum atomic E-state index is 12.6. The van der Waals surface area contributed by atoms with Crippen LogP contribution in [0.5, 0.6) is 11.5 Å². The van der Waals surface area contributed by atoms with Gasteiger partial charge in [0.25, 0.3) is 5.91 Å². The number of carbonyl (C=O) groups excluding carboxylic acids is 1. The summed E-state index contributed by atoms with van der Waals surface area (Å²) in [5, 5.41) is 12.3. The van der Waals surface area contributed by atoms with Crippen LogP contribution in [0.2, 0.25) is 0 Å². The molecule has 3 aromatic carbocycles. The first-order valence-electron chi connectivity index (χ1n) is 10.1. The van der Waals surface area contributed by atoms with Gasteiger partial charge in [0.05, 0.1) is 6.61 Å². The number of hydrogen-bond acceptors (Lipinski definition) is 4. The number of hydrogen-bond donors (Lipinski definition) is 1. The molecule has 3 aromatic rings. The molecule has 0 bridgehead atoms. The molecule has 0 aromatic heterocycles. The van der Waals surface area contributed by atoms with Crippen LogP contribution in [0.15, 0.2) is 76.8 Å². The van der Waals surface area contributed by atoms with Crippen molar-refractivity contribution in [2.45, 2.75) is 20.5 Å². The van der Waals surface area contributed by atoms with Crippen molar-refractivity contribution in [3.63, 3.8) is 0 Å². The Balaban J connectivity index is 1.80. The summed E-state index contributed by atoms with van der Waals surface area (Å²) >= 11 is 3.52. The van der Waals surface area contributed by atoms with Crippen molar-refractivity contribution < 1.29 is 14.3 Å². The third kappa shape index (κ3) is 5.99. The molecule has 0 aliphatic rings. The van der Waals surface area contributed by atoms with Gasteiger partial charge < -0.3 is 14.8 Å². The molecule has 1 N–H and O–H groups in total. The van der Waals surface area contributed by atoms with Crippen LogP contribution in [0.25, 0.3) is 6.08 Å². The SMILES string of the molecule is CCOc1cc(/C=C(\C#N)C(=O)Nc2ccccc2C)ccc1OCc1ccccc1Br. The van der Waals surface area contributed by atoms with E-state index in [9.17, 15) is 10.1 Å². The van der Waals surface area contributed by atoms with Crippen molar-refractivity contribution in [3.05, 3.63) is 93.5 Å². The number of anilines is 1. The highest BCUT2D eigenvalue weighted by molar-refractivity contribution is 9.10. The summed E-state index contributed by atoms with van der Waals surface area (Å²) in [6.07, 6.45) is 1.54. The fourth-order valence-electron chi connectivity index (χ4n) is 2.99. The van der Waals surface area contributed by atoms with Gasteiger partial charge in [-0.1, -0.05) is 58.4 Å². The lowest BCUT2D eigenvalue weighted by molar-refractivity contribution is -0.112. The zero-order chi connectivity index (χ0) is 22.9. The van der Waals surface area contributed by atoms with E-state index in [0.717, 1.165) is 15.6 Å². The Morgan fingerprint density at radius 3 is 2.53 bits per heavy atom. The number of benzene rings is 3. The molecule has 0 spiro atoms. The van der Waals surface area contributed by atoms with Crippen LogP contribution in [0, 0.1) is 18.3 Å². The average Bonchev–Trinajstić information content (AvgIpc) is 2.79. The molecule has 0 fully saturated rings. The fourth-order valence-corrected chi connectivity index (χ4v) is 3.39. The molecular formula is C26H23BrN2O3.